The van der Waals surface area contributed by atoms with E-state index in [1.54, 1.807) is 30.2 Å². The maximum atomic E-state index is 15.2. The van der Waals surface area contributed by atoms with Crippen LogP contribution in [0.3, 0.4) is 0 Å². The van der Waals surface area contributed by atoms with Crippen LogP contribution >= 0.6 is 22.9 Å². The first-order chi connectivity index (χ1) is 19.0. The Hall–Kier alpha value is -4.47. The van der Waals surface area contributed by atoms with Crippen LogP contribution < -0.4 is 9.04 Å². The number of aryl methyl sites for hydroxylation is 1. The molecule has 40 heavy (non-hydrogen) atoms. The van der Waals surface area contributed by atoms with Gasteiger partial charge in [-0.2, -0.15) is 9.49 Å². The third kappa shape index (κ3) is 5.21. The SMILES string of the molecule is Cn1cc(-c2cc(-c3ccc(F)nc3)ncc2Oc2cc(F)c(S(=O)(=O)N(C(=O)O)c3cscn3)cc2Cl)cn1. The Bertz CT molecular complexity index is 1830. The molecule has 1 aromatic carbocycles. The number of ether oxygens (including phenoxy) is 1. The number of hydrogen-bond acceptors (Lipinski definition) is 9. The number of carboxylic acid groups (broad SMARTS) is 1. The van der Waals surface area contributed by atoms with Crippen LogP contribution in [0, 0.1) is 11.8 Å². The van der Waals surface area contributed by atoms with Gasteiger partial charge in [0.2, 0.25) is 5.95 Å². The molecule has 16 heteroatoms. The Kier molecular flexibility index (Phi) is 7.18. The van der Waals surface area contributed by atoms with Crippen LogP contribution in [0.4, 0.5) is 19.4 Å². The highest BCUT2D eigenvalue weighted by atomic mass is 35.5. The Balaban J connectivity index is 1.55. The van der Waals surface area contributed by atoms with E-state index in [0.29, 0.717) is 22.4 Å². The van der Waals surface area contributed by atoms with Crippen LogP contribution in [-0.2, 0) is 17.1 Å². The van der Waals surface area contributed by atoms with E-state index in [-0.39, 0.29) is 20.8 Å². The Morgan fingerprint density at radius 1 is 1.07 bits per heavy atom. The highest BCUT2D eigenvalue weighted by molar-refractivity contribution is 7.93. The second kappa shape index (κ2) is 10.6. The molecule has 5 rings (SSSR count). The lowest BCUT2D eigenvalue weighted by Gasteiger charge is -2.18. The maximum Gasteiger partial charge on any atom is 0.427 e. The Morgan fingerprint density at radius 2 is 1.88 bits per heavy atom. The van der Waals surface area contributed by atoms with E-state index >= 15 is 4.39 Å². The van der Waals surface area contributed by atoms with Gasteiger partial charge in [0.25, 0.3) is 10.0 Å². The molecule has 0 aliphatic heterocycles. The third-order valence-electron chi connectivity index (χ3n) is 5.43. The van der Waals surface area contributed by atoms with Crippen LogP contribution in [0.15, 0.2) is 70.9 Å². The van der Waals surface area contributed by atoms with Gasteiger partial charge < -0.3 is 9.84 Å². The second-order valence-corrected chi connectivity index (χ2v) is 10.9. The second-order valence-electron chi connectivity index (χ2n) is 8.05. The zero-order valence-corrected chi connectivity index (χ0v) is 22.5. The number of anilines is 1. The minimum absolute atomic E-state index is 0.0494. The summed E-state index contributed by atoms with van der Waals surface area (Å²) in [5.74, 6) is -2.55. The molecule has 0 saturated carbocycles. The zero-order valence-electron chi connectivity index (χ0n) is 20.1. The molecular weight excluding hydrogens is 590 g/mol. The van der Waals surface area contributed by atoms with Gasteiger partial charge in [0, 0.05) is 47.6 Å². The Morgan fingerprint density at radius 3 is 2.50 bits per heavy atom. The summed E-state index contributed by atoms with van der Waals surface area (Å²) in [6.07, 6.45) is 3.99. The molecule has 0 unspecified atom stereocenters. The number of amides is 1. The minimum Gasteiger partial charge on any atom is -0.464 e. The van der Waals surface area contributed by atoms with Crippen LogP contribution in [-0.4, -0.2) is 44.3 Å². The van der Waals surface area contributed by atoms with E-state index in [0.717, 1.165) is 23.5 Å². The van der Waals surface area contributed by atoms with E-state index in [9.17, 15) is 22.7 Å². The first kappa shape index (κ1) is 27.1. The van der Waals surface area contributed by atoms with Crippen molar-refractivity contribution >= 4 is 44.9 Å². The molecule has 0 aliphatic rings. The van der Waals surface area contributed by atoms with Crippen LogP contribution in [0.25, 0.3) is 22.4 Å². The van der Waals surface area contributed by atoms with Crippen LogP contribution in [0.5, 0.6) is 11.5 Å². The smallest absolute Gasteiger partial charge is 0.427 e. The van der Waals surface area contributed by atoms with Gasteiger partial charge >= 0.3 is 6.09 Å². The number of halogens is 3. The number of carbonyl (C=O) groups is 1. The summed E-state index contributed by atoms with van der Waals surface area (Å²) in [4.78, 5) is 22.4. The van der Waals surface area contributed by atoms with E-state index in [2.05, 4.69) is 20.1 Å². The van der Waals surface area contributed by atoms with Crippen molar-refractivity contribution in [3.05, 3.63) is 82.8 Å². The van der Waals surface area contributed by atoms with E-state index in [1.165, 1.54) is 35.4 Å². The largest absolute Gasteiger partial charge is 0.464 e. The predicted molar refractivity (Wildman–Crippen MR) is 141 cm³/mol. The molecule has 0 bridgehead atoms. The molecule has 5 aromatic rings. The predicted octanol–water partition coefficient (Wildman–Crippen LogP) is 5.60. The lowest BCUT2D eigenvalue weighted by molar-refractivity contribution is 0.206. The first-order valence-corrected chi connectivity index (χ1v) is 13.7. The molecule has 4 aromatic heterocycles. The molecule has 0 saturated heterocycles. The van der Waals surface area contributed by atoms with Gasteiger partial charge in [0.1, 0.15) is 16.5 Å². The van der Waals surface area contributed by atoms with Gasteiger partial charge in [-0.1, -0.05) is 11.6 Å². The molecule has 0 spiro atoms. The lowest BCUT2D eigenvalue weighted by Crippen LogP contribution is -2.36. The number of benzene rings is 1. The van der Waals surface area contributed by atoms with Crippen molar-refractivity contribution in [2.45, 2.75) is 4.90 Å². The number of rotatable bonds is 7. The number of nitrogens with zero attached hydrogens (tertiary/aromatic N) is 6. The normalized spacial score (nSPS) is 11.4. The number of pyridine rings is 2. The summed E-state index contributed by atoms with van der Waals surface area (Å²) in [5, 5.41) is 14.5. The van der Waals surface area contributed by atoms with Crippen molar-refractivity contribution in [2.24, 2.45) is 7.05 Å². The fourth-order valence-corrected chi connectivity index (χ4v) is 5.80. The van der Waals surface area contributed by atoms with Gasteiger partial charge in [-0.05, 0) is 24.3 Å². The number of sulfonamides is 1. The summed E-state index contributed by atoms with van der Waals surface area (Å²) >= 11 is 7.25. The van der Waals surface area contributed by atoms with Crippen molar-refractivity contribution in [1.29, 1.82) is 0 Å². The van der Waals surface area contributed by atoms with Crippen LogP contribution in [0.1, 0.15) is 0 Å². The fraction of sp³-hybridized carbons (Fsp3) is 0.0417. The van der Waals surface area contributed by atoms with Gasteiger partial charge in [-0.25, -0.2) is 27.6 Å². The number of thiazole rings is 1. The van der Waals surface area contributed by atoms with Gasteiger partial charge in [-0.3, -0.25) is 9.67 Å². The fourth-order valence-electron chi connectivity index (χ4n) is 3.63. The van der Waals surface area contributed by atoms with E-state index in [4.69, 9.17) is 16.3 Å². The molecule has 4 heterocycles. The van der Waals surface area contributed by atoms with Crippen molar-refractivity contribution in [3.8, 4) is 33.9 Å². The molecule has 0 atom stereocenters. The molecule has 0 radical (unpaired) electrons. The topological polar surface area (TPSA) is 140 Å². The summed E-state index contributed by atoms with van der Waals surface area (Å²) in [6, 6.07) is 5.78. The van der Waals surface area contributed by atoms with Crippen molar-refractivity contribution in [2.75, 3.05) is 4.31 Å². The monoisotopic (exact) mass is 604 g/mol. The Labute approximate surface area is 234 Å². The summed E-state index contributed by atoms with van der Waals surface area (Å²) in [5.41, 5.74) is 3.21. The highest BCUT2D eigenvalue weighted by Crippen LogP contribution is 2.39. The summed E-state index contributed by atoms with van der Waals surface area (Å²) < 4.78 is 62.0. The number of aromatic nitrogens is 5. The van der Waals surface area contributed by atoms with Crippen molar-refractivity contribution in [3.63, 3.8) is 0 Å². The summed E-state index contributed by atoms with van der Waals surface area (Å²) in [6.45, 7) is 0. The molecule has 11 nitrogen and oxygen atoms in total. The zero-order chi connectivity index (χ0) is 28.6. The van der Waals surface area contributed by atoms with Crippen molar-refractivity contribution in [1.82, 2.24) is 24.7 Å². The number of hydrogen-bond donors (Lipinski definition) is 1. The van der Waals surface area contributed by atoms with Gasteiger partial charge in [0.05, 0.1) is 28.6 Å². The van der Waals surface area contributed by atoms with E-state index < -0.39 is 38.6 Å². The standard InChI is InChI=1S/C24H15ClF2N6O5S2/c1-32-10-14(8-31-32)15-4-18(13-2-3-22(27)29-7-13)28-9-20(15)38-19-6-17(26)21(5-16(19)25)40(36,37)33(24(34)35)23-11-39-12-30-23/h2-12H,1H3,(H,34,35). The molecule has 1 N–H and O–H groups in total. The third-order valence-corrected chi connectivity index (χ3v) is 7.99. The molecule has 1 amide bonds. The molecule has 0 fully saturated rings. The summed E-state index contributed by atoms with van der Waals surface area (Å²) in [7, 11) is -3.24. The van der Waals surface area contributed by atoms with Crippen molar-refractivity contribution < 1.29 is 31.8 Å². The average molecular weight is 605 g/mol. The van der Waals surface area contributed by atoms with Gasteiger partial charge in [0.15, 0.2) is 11.6 Å². The van der Waals surface area contributed by atoms with Crippen LogP contribution in [0.2, 0.25) is 5.02 Å². The maximum absolute atomic E-state index is 15.2. The minimum atomic E-state index is -4.95. The first-order valence-electron chi connectivity index (χ1n) is 11.0. The molecular formula is C24H15ClF2N6O5S2. The quantitative estimate of drug-likeness (QED) is 0.235. The highest BCUT2D eigenvalue weighted by Gasteiger charge is 2.35. The van der Waals surface area contributed by atoms with Gasteiger partial charge in [-0.15, -0.1) is 15.6 Å². The molecule has 0 aliphatic carbocycles. The lowest BCUT2D eigenvalue weighted by atomic mass is 10.1. The van der Waals surface area contributed by atoms with E-state index in [1.807, 2.05) is 0 Å². The molecule has 204 valence electrons. The average Bonchev–Trinajstić information content (AvgIpc) is 3.58.